The predicted molar refractivity (Wildman–Crippen MR) is 73.1 cm³/mol. The standard InChI is InChI=1S/C15H18F2N2O/c1-10-3-5-12(20-10)9-19(2)15(8-18)13-6-4-11(16)7-14(13)17/h3-7,15H,8-9,18H2,1-2H3. The van der Waals surface area contributed by atoms with Gasteiger partial charge in [-0.05, 0) is 32.2 Å². The topological polar surface area (TPSA) is 42.4 Å². The molecular weight excluding hydrogens is 262 g/mol. The zero-order valence-corrected chi connectivity index (χ0v) is 11.6. The summed E-state index contributed by atoms with van der Waals surface area (Å²) in [5, 5.41) is 0. The summed E-state index contributed by atoms with van der Waals surface area (Å²) in [6.07, 6.45) is 0. The maximum atomic E-state index is 13.8. The van der Waals surface area contributed by atoms with Gasteiger partial charge < -0.3 is 10.2 Å². The van der Waals surface area contributed by atoms with Crippen LogP contribution in [0.15, 0.2) is 34.7 Å². The van der Waals surface area contributed by atoms with Crippen molar-refractivity contribution in [1.82, 2.24) is 4.90 Å². The van der Waals surface area contributed by atoms with Crippen molar-refractivity contribution in [2.75, 3.05) is 13.6 Å². The molecule has 0 radical (unpaired) electrons. The molecule has 108 valence electrons. The Morgan fingerprint density at radius 2 is 2.00 bits per heavy atom. The molecule has 0 saturated carbocycles. The molecule has 1 aromatic heterocycles. The molecule has 1 aromatic carbocycles. The second-order valence-electron chi connectivity index (χ2n) is 4.84. The summed E-state index contributed by atoms with van der Waals surface area (Å²) in [6.45, 7) is 2.61. The van der Waals surface area contributed by atoms with Gasteiger partial charge in [-0.3, -0.25) is 4.90 Å². The number of rotatable bonds is 5. The van der Waals surface area contributed by atoms with Gasteiger partial charge in [-0.2, -0.15) is 0 Å². The maximum absolute atomic E-state index is 13.8. The molecule has 0 spiro atoms. The van der Waals surface area contributed by atoms with Crippen LogP contribution in [0.25, 0.3) is 0 Å². The molecule has 1 atom stereocenters. The van der Waals surface area contributed by atoms with E-state index < -0.39 is 11.6 Å². The number of halogens is 2. The number of hydrogen-bond donors (Lipinski definition) is 1. The maximum Gasteiger partial charge on any atom is 0.130 e. The minimum absolute atomic E-state index is 0.235. The molecule has 0 aliphatic rings. The van der Waals surface area contributed by atoms with Crippen molar-refractivity contribution in [2.24, 2.45) is 5.73 Å². The second-order valence-corrected chi connectivity index (χ2v) is 4.84. The van der Waals surface area contributed by atoms with Crippen molar-refractivity contribution in [2.45, 2.75) is 19.5 Å². The minimum Gasteiger partial charge on any atom is -0.465 e. The lowest BCUT2D eigenvalue weighted by Gasteiger charge is -2.26. The molecule has 20 heavy (non-hydrogen) atoms. The summed E-state index contributed by atoms with van der Waals surface area (Å²) in [6, 6.07) is 6.97. The SMILES string of the molecule is Cc1ccc(CN(C)C(CN)c2ccc(F)cc2F)o1. The van der Waals surface area contributed by atoms with Gasteiger partial charge in [-0.15, -0.1) is 0 Å². The Labute approximate surface area is 117 Å². The van der Waals surface area contributed by atoms with Gasteiger partial charge in [0.2, 0.25) is 0 Å². The Hall–Kier alpha value is -1.72. The molecule has 0 bridgehead atoms. The second kappa shape index (κ2) is 6.15. The van der Waals surface area contributed by atoms with Crippen LogP contribution in [-0.2, 0) is 6.54 Å². The van der Waals surface area contributed by atoms with Crippen LogP contribution in [-0.4, -0.2) is 18.5 Å². The molecule has 2 aromatic rings. The van der Waals surface area contributed by atoms with Gasteiger partial charge in [-0.25, -0.2) is 8.78 Å². The van der Waals surface area contributed by atoms with Crippen molar-refractivity contribution < 1.29 is 13.2 Å². The van der Waals surface area contributed by atoms with E-state index in [2.05, 4.69) is 0 Å². The number of benzene rings is 1. The van der Waals surface area contributed by atoms with Crippen LogP contribution < -0.4 is 5.73 Å². The van der Waals surface area contributed by atoms with Gasteiger partial charge in [0.25, 0.3) is 0 Å². The lowest BCUT2D eigenvalue weighted by atomic mass is 10.0. The fourth-order valence-electron chi connectivity index (χ4n) is 2.24. The highest BCUT2D eigenvalue weighted by Crippen LogP contribution is 2.24. The van der Waals surface area contributed by atoms with Crippen LogP contribution in [0.3, 0.4) is 0 Å². The van der Waals surface area contributed by atoms with E-state index in [9.17, 15) is 8.78 Å². The fourth-order valence-corrected chi connectivity index (χ4v) is 2.24. The summed E-state index contributed by atoms with van der Waals surface area (Å²) in [4.78, 5) is 1.88. The molecule has 2 rings (SSSR count). The normalized spacial score (nSPS) is 12.9. The van der Waals surface area contributed by atoms with Crippen molar-refractivity contribution in [3.63, 3.8) is 0 Å². The zero-order valence-electron chi connectivity index (χ0n) is 11.6. The van der Waals surface area contributed by atoms with E-state index >= 15 is 0 Å². The number of hydrogen-bond acceptors (Lipinski definition) is 3. The first-order chi connectivity index (χ1) is 9.51. The van der Waals surface area contributed by atoms with E-state index in [0.29, 0.717) is 12.1 Å². The smallest absolute Gasteiger partial charge is 0.130 e. The van der Waals surface area contributed by atoms with Crippen LogP contribution in [0.4, 0.5) is 8.78 Å². The van der Waals surface area contributed by atoms with Gasteiger partial charge in [-0.1, -0.05) is 6.07 Å². The molecule has 0 amide bonds. The van der Waals surface area contributed by atoms with Crippen LogP contribution in [0.1, 0.15) is 23.1 Å². The first-order valence-corrected chi connectivity index (χ1v) is 6.42. The number of nitrogens with two attached hydrogens (primary N) is 1. The van der Waals surface area contributed by atoms with E-state index in [1.54, 1.807) is 0 Å². The van der Waals surface area contributed by atoms with Gasteiger partial charge in [0, 0.05) is 18.2 Å². The third-order valence-corrected chi connectivity index (χ3v) is 3.28. The Kier molecular flexibility index (Phi) is 4.52. The third kappa shape index (κ3) is 3.23. The summed E-state index contributed by atoms with van der Waals surface area (Å²) >= 11 is 0. The largest absolute Gasteiger partial charge is 0.465 e. The highest BCUT2D eigenvalue weighted by Gasteiger charge is 2.20. The van der Waals surface area contributed by atoms with Crippen LogP contribution in [0.5, 0.6) is 0 Å². The molecule has 3 nitrogen and oxygen atoms in total. The average Bonchev–Trinajstić information content (AvgIpc) is 2.78. The van der Waals surface area contributed by atoms with Crippen molar-refractivity contribution in [3.05, 3.63) is 59.1 Å². The third-order valence-electron chi connectivity index (χ3n) is 3.28. The minimum atomic E-state index is -0.591. The first kappa shape index (κ1) is 14.7. The molecule has 0 aliphatic heterocycles. The fraction of sp³-hybridized carbons (Fsp3) is 0.333. The average molecular weight is 280 g/mol. The predicted octanol–water partition coefficient (Wildman–Crippen LogP) is 3.00. The Morgan fingerprint density at radius 1 is 1.25 bits per heavy atom. The van der Waals surface area contributed by atoms with E-state index in [1.807, 2.05) is 31.0 Å². The van der Waals surface area contributed by atoms with Crippen molar-refractivity contribution in [1.29, 1.82) is 0 Å². The Bertz CT molecular complexity index is 583. The summed E-state index contributed by atoms with van der Waals surface area (Å²) < 4.78 is 32.3. The quantitative estimate of drug-likeness (QED) is 0.915. The van der Waals surface area contributed by atoms with Gasteiger partial charge in [0.05, 0.1) is 12.6 Å². The van der Waals surface area contributed by atoms with Crippen molar-refractivity contribution in [3.8, 4) is 0 Å². The highest BCUT2D eigenvalue weighted by molar-refractivity contribution is 5.22. The lowest BCUT2D eigenvalue weighted by Crippen LogP contribution is -2.30. The lowest BCUT2D eigenvalue weighted by molar-refractivity contribution is 0.217. The number of aryl methyl sites for hydroxylation is 1. The Balaban J connectivity index is 2.18. The molecule has 1 heterocycles. The molecule has 2 N–H and O–H groups in total. The monoisotopic (exact) mass is 280 g/mol. The molecule has 0 aliphatic carbocycles. The molecule has 0 fully saturated rings. The zero-order chi connectivity index (χ0) is 14.7. The molecular formula is C15H18F2N2O. The summed E-state index contributed by atoms with van der Waals surface area (Å²) in [5.41, 5.74) is 6.13. The highest BCUT2D eigenvalue weighted by atomic mass is 19.1. The van der Waals surface area contributed by atoms with E-state index in [0.717, 1.165) is 17.6 Å². The van der Waals surface area contributed by atoms with Crippen LogP contribution in [0, 0.1) is 18.6 Å². The summed E-state index contributed by atoms with van der Waals surface area (Å²) in [7, 11) is 1.83. The van der Waals surface area contributed by atoms with Gasteiger partial charge >= 0.3 is 0 Å². The molecule has 1 unspecified atom stereocenters. The van der Waals surface area contributed by atoms with Gasteiger partial charge in [0.15, 0.2) is 0 Å². The first-order valence-electron chi connectivity index (χ1n) is 6.42. The van der Waals surface area contributed by atoms with Crippen LogP contribution >= 0.6 is 0 Å². The number of likely N-dealkylation sites (N-methyl/N-ethyl adjacent to an activating group) is 1. The van der Waals surface area contributed by atoms with E-state index in [4.69, 9.17) is 10.2 Å². The van der Waals surface area contributed by atoms with Gasteiger partial charge in [0.1, 0.15) is 23.2 Å². The number of nitrogens with zero attached hydrogens (tertiary/aromatic N) is 1. The number of furan rings is 1. The molecule has 5 heteroatoms. The van der Waals surface area contributed by atoms with E-state index in [-0.39, 0.29) is 12.6 Å². The molecule has 0 saturated heterocycles. The van der Waals surface area contributed by atoms with Crippen molar-refractivity contribution >= 4 is 0 Å². The summed E-state index contributed by atoms with van der Waals surface area (Å²) in [5.74, 6) is 0.436. The Morgan fingerprint density at radius 3 is 2.55 bits per heavy atom. The van der Waals surface area contributed by atoms with E-state index in [1.165, 1.54) is 12.1 Å². The van der Waals surface area contributed by atoms with Crippen LogP contribution in [0.2, 0.25) is 0 Å².